The van der Waals surface area contributed by atoms with Crippen molar-refractivity contribution in [2.45, 2.75) is 53.1 Å². The van der Waals surface area contributed by atoms with Crippen LogP contribution in [0.25, 0.3) is 0 Å². The Hall–Kier alpha value is -2.87. The highest BCUT2D eigenvalue weighted by atomic mass is 32.2. The number of amides is 2. The molecule has 0 spiro atoms. The normalized spacial score (nSPS) is 12.2. The van der Waals surface area contributed by atoms with Crippen LogP contribution in [0, 0.1) is 13.8 Å². The van der Waals surface area contributed by atoms with Gasteiger partial charge in [-0.05, 0) is 62.9 Å². The summed E-state index contributed by atoms with van der Waals surface area (Å²) in [6.07, 6.45) is 1.64. The van der Waals surface area contributed by atoms with E-state index in [1.54, 1.807) is 17.9 Å². The lowest BCUT2D eigenvalue weighted by atomic mass is 10.1. The Morgan fingerprint density at radius 3 is 2.27 bits per heavy atom. The SMILES string of the molecule is CCNC(=O)[C@@H](C)N(Cc1ccccc1)C(=O)CCCN(c1ccc(C)c(C)c1)S(C)(=O)=O. The molecule has 1 atom stereocenters. The maximum atomic E-state index is 13.1. The Kier molecular flexibility index (Phi) is 9.46. The number of rotatable bonds is 11. The number of hydrogen-bond acceptors (Lipinski definition) is 4. The van der Waals surface area contributed by atoms with Gasteiger partial charge in [-0.15, -0.1) is 0 Å². The zero-order valence-electron chi connectivity index (χ0n) is 20.2. The molecule has 2 aromatic rings. The molecule has 0 bridgehead atoms. The number of aryl methyl sites for hydroxylation is 2. The van der Waals surface area contributed by atoms with Crippen LogP contribution in [0.3, 0.4) is 0 Å². The highest BCUT2D eigenvalue weighted by molar-refractivity contribution is 7.92. The van der Waals surface area contributed by atoms with Gasteiger partial charge in [-0.3, -0.25) is 13.9 Å². The van der Waals surface area contributed by atoms with Crippen molar-refractivity contribution in [1.82, 2.24) is 10.2 Å². The lowest BCUT2D eigenvalue weighted by molar-refractivity contribution is -0.140. The fraction of sp³-hybridized carbons (Fsp3) is 0.440. The van der Waals surface area contributed by atoms with E-state index in [4.69, 9.17) is 0 Å². The van der Waals surface area contributed by atoms with Gasteiger partial charge in [0.15, 0.2) is 0 Å². The standard InChI is InChI=1S/C25H35N3O4S/c1-6-26-25(30)21(4)27(18-22-11-8-7-9-12-22)24(29)13-10-16-28(33(5,31)32)23-15-14-19(2)20(3)17-23/h7-9,11-12,14-15,17,21H,6,10,13,16,18H2,1-5H3,(H,26,30)/t21-/m1/s1. The smallest absolute Gasteiger partial charge is 0.242 e. The molecule has 0 unspecified atom stereocenters. The third kappa shape index (κ3) is 7.60. The summed E-state index contributed by atoms with van der Waals surface area (Å²) in [5, 5.41) is 2.77. The molecule has 2 amide bonds. The summed E-state index contributed by atoms with van der Waals surface area (Å²) in [7, 11) is -3.51. The van der Waals surface area contributed by atoms with Crippen molar-refractivity contribution in [3.63, 3.8) is 0 Å². The Balaban J connectivity index is 2.14. The van der Waals surface area contributed by atoms with E-state index >= 15 is 0 Å². The summed E-state index contributed by atoms with van der Waals surface area (Å²) in [6.45, 7) is 8.43. The molecule has 0 aliphatic heterocycles. The van der Waals surface area contributed by atoms with Crippen LogP contribution in [0.4, 0.5) is 5.69 Å². The van der Waals surface area contributed by atoms with Crippen LogP contribution in [0.1, 0.15) is 43.4 Å². The van der Waals surface area contributed by atoms with E-state index < -0.39 is 16.1 Å². The quantitative estimate of drug-likeness (QED) is 0.542. The van der Waals surface area contributed by atoms with Gasteiger partial charge in [0.05, 0.1) is 11.9 Å². The van der Waals surface area contributed by atoms with Crippen molar-refractivity contribution in [3.8, 4) is 0 Å². The Labute approximate surface area is 197 Å². The van der Waals surface area contributed by atoms with Crippen molar-refractivity contribution < 1.29 is 18.0 Å². The van der Waals surface area contributed by atoms with E-state index in [0.717, 1.165) is 16.7 Å². The van der Waals surface area contributed by atoms with Gasteiger partial charge < -0.3 is 10.2 Å². The zero-order valence-corrected chi connectivity index (χ0v) is 21.0. The average Bonchev–Trinajstić information content (AvgIpc) is 2.76. The summed E-state index contributed by atoms with van der Waals surface area (Å²) in [5.74, 6) is -0.402. The van der Waals surface area contributed by atoms with Gasteiger partial charge in [-0.25, -0.2) is 8.42 Å². The second-order valence-corrected chi connectivity index (χ2v) is 10.2. The molecule has 0 aliphatic carbocycles. The average molecular weight is 474 g/mol. The number of hydrogen-bond donors (Lipinski definition) is 1. The minimum atomic E-state index is -3.51. The first-order valence-electron chi connectivity index (χ1n) is 11.2. The summed E-state index contributed by atoms with van der Waals surface area (Å²) >= 11 is 0. The van der Waals surface area contributed by atoms with Crippen LogP contribution < -0.4 is 9.62 Å². The summed E-state index contributed by atoms with van der Waals surface area (Å²) in [6, 6.07) is 14.4. The predicted molar refractivity (Wildman–Crippen MR) is 132 cm³/mol. The molecule has 0 fully saturated rings. The first-order valence-corrected chi connectivity index (χ1v) is 13.1. The second-order valence-electron chi connectivity index (χ2n) is 8.29. The van der Waals surface area contributed by atoms with Gasteiger partial charge in [0.2, 0.25) is 21.8 Å². The molecule has 0 saturated heterocycles. The number of benzene rings is 2. The van der Waals surface area contributed by atoms with Crippen LogP contribution in [-0.2, 0) is 26.2 Å². The molecule has 2 aromatic carbocycles. The monoisotopic (exact) mass is 473 g/mol. The van der Waals surface area contributed by atoms with Gasteiger partial charge in [-0.2, -0.15) is 0 Å². The summed E-state index contributed by atoms with van der Waals surface area (Å²) in [4.78, 5) is 27.1. The molecule has 7 nitrogen and oxygen atoms in total. The highest BCUT2D eigenvalue weighted by Crippen LogP contribution is 2.22. The minimum absolute atomic E-state index is 0.132. The molecule has 0 saturated carbocycles. The summed E-state index contributed by atoms with van der Waals surface area (Å²) < 4.78 is 26.2. The van der Waals surface area contributed by atoms with E-state index in [-0.39, 0.29) is 24.8 Å². The third-order valence-electron chi connectivity index (χ3n) is 5.64. The van der Waals surface area contributed by atoms with E-state index in [1.807, 2.05) is 63.2 Å². The number of nitrogens with one attached hydrogen (secondary N) is 1. The fourth-order valence-corrected chi connectivity index (χ4v) is 4.53. The molecule has 8 heteroatoms. The zero-order chi connectivity index (χ0) is 24.6. The van der Waals surface area contributed by atoms with E-state index in [0.29, 0.717) is 25.2 Å². The second kappa shape index (κ2) is 11.8. The number of carbonyl (C=O) groups excluding carboxylic acids is 2. The Morgan fingerprint density at radius 2 is 1.70 bits per heavy atom. The lowest BCUT2D eigenvalue weighted by Crippen LogP contribution is -2.47. The van der Waals surface area contributed by atoms with Gasteiger partial charge >= 0.3 is 0 Å². The number of nitrogens with zero attached hydrogens (tertiary/aromatic N) is 2. The van der Waals surface area contributed by atoms with E-state index in [2.05, 4.69) is 5.32 Å². The molecule has 1 N–H and O–H groups in total. The van der Waals surface area contributed by atoms with E-state index in [9.17, 15) is 18.0 Å². The van der Waals surface area contributed by atoms with Gasteiger partial charge in [0.1, 0.15) is 6.04 Å². The first-order chi connectivity index (χ1) is 15.5. The number of likely N-dealkylation sites (N-methyl/N-ethyl adjacent to an activating group) is 1. The molecule has 180 valence electrons. The highest BCUT2D eigenvalue weighted by Gasteiger charge is 2.26. The maximum absolute atomic E-state index is 13.1. The molecule has 2 rings (SSSR count). The van der Waals surface area contributed by atoms with Gasteiger partial charge in [0.25, 0.3) is 0 Å². The third-order valence-corrected chi connectivity index (χ3v) is 6.84. The molecule has 0 heterocycles. The van der Waals surface area contributed by atoms with Gasteiger partial charge in [0, 0.05) is 26.1 Å². The molecule has 33 heavy (non-hydrogen) atoms. The van der Waals surface area contributed by atoms with Crippen molar-refractivity contribution in [1.29, 1.82) is 0 Å². The molecular formula is C25H35N3O4S. The fourth-order valence-electron chi connectivity index (χ4n) is 3.57. The van der Waals surface area contributed by atoms with Crippen LogP contribution in [0.15, 0.2) is 48.5 Å². The Bertz CT molecular complexity index is 1050. The van der Waals surface area contributed by atoms with Crippen LogP contribution in [0.2, 0.25) is 0 Å². The van der Waals surface area contributed by atoms with Crippen molar-refractivity contribution in [2.75, 3.05) is 23.7 Å². The summed E-state index contributed by atoms with van der Waals surface area (Å²) in [5.41, 5.74) is 3.60. The molecular weight excluding hydrogens is 438 g/mol. The number of carbonyl (C=O) groups is 2. The number of sulfonamides is 1. The lowest BCUT2D eigenvalue weighted by Gasteiger charge is -2.29. The van der Waals surface area contributed by atoms with E-state index in [1.165, 1.54) is 10.6 Å². The maximum Gasteiger partial charge on any atom is 0.242 e. The molecule has 0 radical (unpaired) electrons. The topological polar surface area (TPSA) is 86.8 Å². The van der Waals surface area contributed by atoms with Crippen molar-refractivity contribution in [3.05, 3.63) is 65.2 Å². The Morgan fingerprint density at radius 1 is 1.03 bits per heavy atom. The van der Waals surface area contributed by atoms with Crippen LogP contribution in [0.5, 0.6) is 0 Å². The predicted octanol–water partition coefficient (Wildman–Crippen LogP) is 3.40. The largest absolute Gasteiger partial charge is 0.355 e. The minimum Gasteiger partial charge on any atom is -0.355 e. The van der Waals surface area contributed by atoms with Crippen LogP contribution >= 0.6 is 0 Å². The molecule has 0 aromatic heterocycles. The number of anilines is 1. The van der Waals surface area contributed by atoms with Crippen LogP contribution in [-0.4, -0.2) is 50.5 Å². The van der Waals surface area contributed by atoms with Crippen molar-refractivity contribution in [2.24, 2.45) is 0 Å². The first kappa shape index (κ1) is 26.4. The van der Waals surface area contributed by atoms with Crippen molar-refractivity contribution >= 4 is 27.5 Å². The van der Waals surface area contributed by atoms with Gasteiger partial charge in [-0.1, -0.05) is 36.4 Å². The molecule has 0 aliphatic rings.